The summed E-state index contributed by atoms with van der Waals surface area (Å²) in [5.41, 5.74) is 40.8. The molecule has 0 radical (unpaired) electrons. The molecule has 688 valence electrons. The summed E-state index contributed by atoms with van der Waals surface area (Å²) in [6.45, 7) is 26.7. The van der Waals surface area contributed by atoms with Crippen molar-refractivity contribution in [2.45, 2.75) is 274 Å². The fraction of sp³-hybridized carbons (Fsp3) is 0.323. The minimum absolute atomic E-state index is 0.110. The molecule has 0 saturated carbocycles. The molecule has 4 nitrogen and oxygen atoms in total. The lowest BCUT2D eigenvalue weighted by Crippen LogP contribution is -2.26. The maximum Gasteiger partial charge on any atom is 0.0465 e. The second kappa shape index (κ2) is 47.1. The Balaban J connectivity index is 0.000000204. The summed E-state index contributed by atoms with van der Waals surface area (Å²) < 4.78 is 0. The highest BCUT2D eigenvalue weighted by molar-refractivity contribution is 5.92. The average molecular weight is 1770 g/mol. The van der Waals surface area contributed by atoms with Crippen molar-refractivity contribution in [2.24, 2.45) is 0 Å². The summed E-state index contributed by atoms with van der Waals surface area (Å²) in [6, 6.07) is 124. The number of fused-ring (bicyclic) bond motifs is 6. The van der Waals surface area contributed by atoms with Gasteiger partial charge in [0.15, 0.2) is 0 Å². The topological polar surface area (TPSA) is 13.0 Å². The van der Waals surface area contributed by atoms with Crippen LogP contribution >= 0.6 is 0 Å². The standard InChI is InChI=1S/2C65H74N2/c1-7-9-11-13-15-20-44-65(45-21-16-14-12-10-8-2)63-47-59(66(55-32-24-49(3)25-33-55)56-34-26-50(4)27-35-56)40-42-61(63)62-43-41-60(48-64(62)65)67(57-36-28-51(5)29-37-57)58-38-30-53(31-39-58)46-52(6)54-22-18-17-19-23-54;1-7-10-12-14-16-21-45-65(46-22-17-15-13-11-8-2)63-47-58(66(54-33-25-49(4)26-34-54)55-35-27-50(5)28-36-55)41-43-61(63)62-44-42-59(48-64(62)65)67(56-37-29-51(6)30-38-56)57-39-31-53(32-40-57)60(9-3)52-23-19-18-20-24-52/h17-19,22-43,46-48H,7-16,20-21,44-45H2,1-6H3;9,18-20,23-44,47-48H,7-8,10-17,21-22,45-46H2,1-6H3. The molecule has 14 aromatic carbocycles. The maximum absolute atomic E-state index is 2.61. The molecule has 0 saturated heterocycles. The molecule has 16 rings (SSSR count). The zero-order valence-corrected chi connectivity index (χ0v) is 82.9. The number of anilines is 12. The minimum atomic E-state index is -0.113. The van der Waals surface area contributed by atoms with Crippen LogP contribution in [-0.4, -0.2) is 0 Å². The molecule has 14 aromatic rings. The minimum Gasteiger partial charge on any atom is -0.310 e. The van der Waals surface area contributed by atoms with Crippen molar-refractivity contribution in [1.29, 1.82) is 0 Å². The van der Waals surface area contributed by atoms with Crippen LogP contribution in [0.25, 0.3) is 39.5 Å². The van der Waals surface area contributed by atoms with E-state index < -0.39 is 0 Å². The molecule has 0 heterocycles. The van der Waals surface area contributed by atoms with Crippen LogP contribution in [0.2, 0.25) is 0 Å². The van der Waals surface area contributed by atoms with Gasteiger partial charge in [-0.1, -0.05) is 409 Å². The predicted octanol–water partition coefficient (Wildman–Crippen LogP) is 39.7. The number of unbranched alkanes of at least 4 members (excludes halogenated alkanes) is 20. The monoisotopic (exact) mass is 1770 g/mol. The third-order valence-electron chi connectivity index (χ3n) is 28.8. The molecule has 134 heavy (non-hydrogen) atoms. The van der Waals surface area contributed by atoms with Gasteiger partial charge in [-0.25, -0.2) is 0 Å². The van der Waals surface area contributed by atoms with Gasteiger partial charge in [-0.05, 0) is 305 Å². The first kappa shape index (κ1) is 96.3. The Morgan fingerprint density at radius 1 is 0.224 bits per heavy atom. The molecule has 0 N–H and O–H groups in total. The first-order valence-electron chi connectivity index (χ1n) is 51.5. The Hall–Kier alpha value is -12.2. The van der Waals surface area contributed by atoms with E-state index in [1.165, 1.54) is 328 Å². The molecular formula is C130H148N4. The second-order valence-corrected chi connectivity index (χ2v) is 38.9. The second-order valence-electron chi connectivity index (χ2n) is 38.9. The zero-order chi connectivity index (χ0) is 93.2. The van der Waals surface area contributed by atoms with Crippen LogP contribution in [0.1, 0.15) is 299 Å². The van der Waals surface area contributed by atoms with Crippen LogP contribution in [0.3, 0.4) is 0 Å². The van der Waals surface area contributed by atoms with Gasteiger partial charge in [0.1, 0.15) is 0 Å². The van der Waals surface area contributed by atoms with Crippen molar-refractivity contribution >= 4 is 85.5 Å². The number of hydrogen-bond acceptors (Lipinski definition) is 4. The lowest BCUT2D eigenvalue weighted by Gasteiger charge is -2.35. The van der Waals surface area contributed by atoms with Crippen LogP contribution in [0.4, 0.5) is 68.2 Å². The third-order valence-corrected chi connectivity index (χ3v) is 28.8. The highest BCUT2D eigenvalue weighted by Crippen LogP contribution is 2.60. The molecule has 0 bridgehead atoms. The van der Waals surface area contributed by atoms with Gasteiger partial charge in [-0.2, -0.15) is 0 Å². The molecule has 2 aliphatic rings. The van der Waals surface area contributed by atoms with E-state index in [0.717, 1.165) is 31.4 Å². The molecule has 0 aliphatic heterocycles. The molecule has 0 aromatic heterocycles. The van der Waals surface area contributed by atoms with E-state index in [2.05, 4.69) is 442 Å². The number of benzene rings is 14. The van der Waals surface area contributed by atoms with Crippen molar-refractivity contribution < 1.29 is 0 Å². The largest absolute Gasteiger partial charge is 0.310 e. The van der Waals surface area contributed by atoms with Gasteiger partial charge < -0.3 is 19.6 Å². The first-order chi connectivity index (χ1) is 65.6. The van der Waals surface area contributed by atoms with E-state index in [9.17, 15) is 0 Å². The van der Waals surface area contributed by atoms with E-state index in [1.54, 1.807) is 0 Å². The summed E-state index contributed by atoms with van der Waals surface area (Å²) in [5.74, 6) is 0. The maximum atomic E-state index is 2.61. The Labute approximate surface area is 807 Å². The van der Waals surface area contributed by atoms with Crippen LogP contribution in [0, 0.1) is 41.5 Å². The number of nitrogens with zero attached hydrogens (tertiary/aromatic N) is 4. The Morgan fingerprint density at radius 2 is 0.433 bits per heavy atom. The van der Waals surface area contributed by atoms with E-state index in [0.29, 0.717) is 0 Å². The average Bonchev–Trinajstić information content (AvgIpc) is 1.56. The molecule has 0 amide bonds. The molecular weight excluding hydrogens is 1620 g/mol. The van der Waals surface area contributed by atoms with Crippen LogP contribution < -0.4 is 19.6 Å². The van der Waals surface area contributed by atoms with Gasteiger partial charge in [0.05, 0.1) is 0 Å². The molecule has 4 heteroatoms. The van der Waals surface area contributed by atoms with Gasteiger partial charge in [-0.15, -0.1) is 0 Å². The number of allylic oxidation sites excluding steroid dienone is 2. The van der Waals surface area contributed by atoms with Crippen molar-refractivity contribution in [2.75, 3.05) is 19.6 Å². The molecule has 2 aliphatic carbocycles. The summed E-state index contributed by atoms with van der Waals surface area (Å²) in [7, 11) is 0. The van der Waals surface area contributed by atoms with Crippen LogP contribution in [0.15, 0.2) is 334 Å². The number of rotatable bonds is 44. The highest BCUT2D eigenvalue weighted by atomic mass is 15.2. The zero-order valence-electron chi connectivity index (χ0n) is 82.9. The quantitative estimate of drug-likeness (QED) is 0.0279. The van der Waals surface area contributed by atoms with Gasteiger partial charge in [-0.3, -0.25) is 0 Å². The smallest absolute Gasteiger partial charge is 0.0465 e. The van der Waals surface area contributed by atoms with Crippen molar-refractivity contribution in [3.63, 3.8) is 0 Å². The van der Waals surface area contributed by atoms with E-state index in [4.69, 9.17) is 0 Å². The summed E-state index contributed by atoms with van der Waals surface area (Å²) in [4.78, 5) is 9.94. The van der Waals surface area contributed by atoms with Gasteiger partial charge >= 0.3 is 0 Å². The van der Waals surface area contributed by atoms with E-state index in [-0.39, 0.29) is 10.8 Å². The van der Waals surface area contributed by atoms with Gasteiger partial charge in [0.2, 0.25) is 0 Å². The molecule has 0 fully saturated rings. The Kier molecular flexibility index (Phi) is 33.9. The lowest BCUT2D eigenvalue weighted by atomic mass is 9.70. The fourth-order valence-electron chi connectivity index (χ4n) is 21.3. The number of aryl methyl sites for hydroxylation is 6. The van der Waals surface area contributed by atoms with Gasteiger partial charge in [0.25, 0.3) is 0 Å². The summed E-state index contributed by atoms with van der Waals surface area (Å²) >= 11 is 0. The SMILES string of the molecule is CC=C(c1ccccc1)c1ccc(N(c2ccc(C)cc2)c2ccc3c(c2)C(CCCCCCCC)(CCCCCCCC)c2cc(N(c4ccc(C)cc4)c4ccc(C)cc4)ccc2-3)cc1.CCCCCCCCC1(CCCCCCCC)c2cc(N(c3ccc(C)cc3)c3ccc(C)cc3)ccc2-c2ccc(N(c3ccc(C)cc3)c3ccc(C=C(C)c4ccccc4)cc3)cc21. The van der Waals surface area contributed by atoms with Crippen LogP contribution in [0.5, 0.6) is 0 Å². The number of hydrogen-bond donors (Lipinski definition) is 0. The molecule has 0 spiro atoms. The normalized spacial score (nSPS) is 12.8. The lowest BCUT2D eigenvalue weighted by molar-refractivity contribution is 0.398. The summed E-state index contributed by atoms with van der Waals surface area (Å²) in [5, 5.41) is 0. The molecule has 0 atom stereocenters. The first-order valence-corrected chi connectivity index (χ1v) is 51.5. The Morgan fingerprint density at radius 3 is 0.679 bits per heavy atom. The predicted molar refractivity (Wildman–Crippen MR) is 584 cm³/mol. The highest BCUT2D eigenvalue weighted by Gasteiger charge is 2.45. The van der Waals surface area contributed by atoms with E-state index >= 15 is 0 Å². The van der Waals surface area contributed by atoms with Crippen molar-refractivity contribution in [3.05, 3.63) is 412 Å². The van der Waals surface area contributed by atoms with Crippen molar-refractivity contribution in [1.82, 2.24) is 0 Å². The Bertz CT molecular complexity index is 5970. The third kappa shape index (κ3) is 23.2. The van der Waals surface area contributed by atoms with Crippen LogP contribution in [-0.2, 0) is 10.8 Å². The van der Waals surface area contributed by atoms with Gasteiger partial charge in [0, 0.05) is 79.1 Å². The summed E-state index contributed by atoms with van der Waals surface area (Å²) in [6.07, 6.45) is 40.1. The molecule has 0 unspecified atom stereocenters. The fourth-order valence-corrected chi connectivity index (χ4v) is 21.3. The van der Waals surface area contributed by atoms with E-state index in [1.807, 2.05) is 0 Å². The van der Waals surface area contributed by atoms with Crippen molar-refractivity contribution in [3.8, 4) is 22.3 Å².